The van der Waals surface area contributed by atoms with Gasteiger partial charge in [0, 0.05) is 6.07 Å². The lowest BCUT2D eigenvalue weighted by atomic mass is 10.4. The third-order valence-electron chi connectivity index (χ3n) is 2.21. The Labute approximate surface area is 105 Å². The molecule has 0 bridgehead atoms. The van der Waals surface area contributed by atoms with Gasteiger partial charge in [-0.15, -0.1) is 0 Å². The van der Waals surface area contributed by atoms with Crippen LogP contribution < -0.4 is 10.6 Å². The lowest BCUT2D eigenvalue weighted by Gasteiger charge is -2.07. The molecule has 0 aliphatic carbocycles. The van der Waals surface area contributed by atoms with Crippen LogP contribution in [0.2, 0.25) is 0 Å². The highest BCUT2D eigenvalue weighted by Crippen LogP contribution is 2.12. The quantitative estimate of drug-likeness (QED) is 0.780. The molecular weight excluding hydrogens is 230 g/mol. The molecule has 2 aromatic heterocycles. The highest BCUT2D eigenvalue weighted by atomic mass is 16.3. The van der Waals surface area contributed by atoms with E-state index in [4.69, 9.17) is 9.68 Å². The first-order chi connectivity index (χ1) is 8.78. The molecule has 0 radical (unpaired) electrons. The van der Waals surface area contributed by atoms with Crippen LogP contribution in [-0.2, 0) is 6.54 Å². The molecule has 0 saturated carbocycles. The molecule has 0 atom stereocenters. The zero-order valence-corrected chi connectivity index (χ0v) is 9.97. The lowest BCUT2D eigenvalue weighted by molar-refractivity contribution is 0.518. The van der Waals surface area contributed by atoms with Crippen molar-refractivity contribution in [3.05, 3.63) is 36.0 Å². The van der Waals surface area contributed by atoms with Crippen molar-refractivity contribution in [3.63, 3.8) is 0 Å². The van der Waals surface area contributed by atoms with E-state index >= 15 is 0 Å². The summed E-state index contributed by atoms with van der Waals surface area (Å²) in [4.78, 5) is 8.43. The Morgan fingerprint density at radius 3 is 2.78 bits per heavy atom. The van der Waals surface area contributed by atoms with E-state index in [1.165, 1.54) is 0 Å². The fraction of sp³-hybridized carbons (Fsp3) is 0.250. The maximum absolute atomic E-state index is 8.51. The Morgan fingerprint density at radius 2 is 2.11 bits per heavy atom. The number of hydrogen-bond acceptors (Lipinski definition) is 6. The van der Waals surface area contributed by atoms with Gasteiger partial charge in [0.15, 0.2) is 0 Å². The second-order valence-corrected chi connectivity index (χ2v) is 3.63. The standard InChI is InChI=1S/C12H13N5O/c1-9-16-11(14-5-4-13)7-12(17-9)15-8-10-3-2-6-18-10/h2-3,6-7H,5,8H2,1H3,(H2,14,15,16,17). The summed E-state index contributed by atoms with van der Waals surface area (Å²) in [5.74, 6) is 2.79. The van der Waals surface area contributed by atoms with E-state index in [1.807, 2.05) is 18.2 Å². The van der Waals surface area contributed by atoms with Gasteiger partial charge in [-0.2, -0.15) is 5.26 Å². The predicted molar refractivity (Wildman–Crippen MR) is 66.9 cm³/mol. The second-order valence-electron chi connectivity index (χ2n) is 3.63. The molecule has 0 spiro atoms. The van der Waals surface area contributed by atoms with Crippen molar-refractivity contribution in [3.8, 4) is 6.07 Å². The van der Waals surface area contributed by atoms with Crippen molar-refractivity contribution >= 4 is 11.6 Å². The Morgan fingerprint density at radius 1 is 1.33 bits per heavy atom. The number of nitrogens with one attached hydrogen (secondary N) is 2. The minimum Gasteiger partial charge on any atom is -0.467 e. The van der Waals surface area contributed by atoms with Crippen molar-refractivity contribution in [2.45, 2.75) is 13.5 Å². The number of nitriles is 1. The van der Waals surface area contributed by atoms with Crippen LogP contribution in [0.3, 0.4) is 0 Å². The lowest BCUT2D eigenvalue weighted by Crippen LogP contribution is -2.06. The van der Waals surface area contributed by atoms with E-state index < -0.39 is 0 Å². The second kappa shape index (κ2) is 5.68. The average molecular weight is 243 g/mol. The molecule has 0 saturated heterocycles. The van der Waals surface area contributed by atoms with Crippen LogP contribution in [0.15, 0.2) is 28.9 Å². The van der Waals surface area contributed by atoms with Gasteiger partial charge in [-0.25, -0.2) is 9.97 Å². The predicted octanol–water partition coefficient (Wildman–Crippen LogP) is 1.93. The van der Waals surface area contributed by atoms with E-state index in [2.05, 4.69) is 20.6 Å². The fourth-order valence-corrected chi connectivity index (χ4v) is 1.47. The van der Waals surface area contributed by atoms with Crippen molar-refractivity contribution in [1.29, 1.82) is 5.26 Å². The van der Waals surface area contributed by atoms with E-state index in [1.54, 1.807) is 19.3 Å². The third-order valence-corrected chi connectivity index (χ3v) is 2.21. The van der Waals surface area contributed by atoms with E-state index in [9.17, 15) is 0 Å². The van der Waals surface area contributed by atoms with Gasteiger partial charge in [-0.05, 0) is 19.1 Å². The first-order valence-electron chi connectivity index (χ1n) is 5.50. The smallest absolute Gasteiger partial charge is 0.132 e. The number of furan rings is 1. The van der Waals surface area contributed by atoms with Crippen LogP contribution in [0.4, 0.5) is 11.6 Å². The summed E-state index contributed by atoms with van der Waals surface area (Å²) in [5.41, 5.74) is 0. The minimum atomic E-state index is 0.216. The number of hydrogen-bond donors (Lipinski definition) is 2. The van der Waals surface area contributed by atoms with Crippen LogP contribution in [0.25, 0.3) is 0 Å². The van der Waals surface area contributed by atoms with Gasteiger partial charge in [-0.1, -0.05) is 0 Å². The molecular formula is C12H13N5O. The van der Waals surface area contributed by atoms with Gasteiger partial charge in [0.25, 0.3) is 0 Å². The van der Waals surface area contributed by atoms with Crippen molar-refractivity contribution < 1.29 is 4.42 Å². The summed E-state index contributed by atoms with van der Waals surface area (Å²) >= 11 is 0. The summed E-state index contributed by atoms with van der Waals surface area (Å²) in [5, 5.41) is 14.5. The van der Waals surface area contributed by atoms with Crippen LogP contribution in [0.5, 0.6) is 0 Å². The Balaban J connectivity index is 2.03. The minimum absolute atomic E-state index is 0.216. The third kappa shape index (κ3) is 3.22. The Kier molecular flexibility index (Phi) is 3.76. The van der Waals surface area contributed by atoms with E-state index in [0.29, 0.717) is 24.0 Å². The molecule has 0 aliphatic rings. The fourth-order valence-electron chi connectivity index (χ4n) is 1.47. The molecule has 6 nitrogen and oxygen atoms in total. The molecule has 18 heavy (non-hydrogen) atoms. The van der Waals surface area contributed by atoms with E-state index in [0.717, 1.165) is 5.76 Å². The highest BCUT2D eigenvalue weighted by Gasteiger charge is 2.02. The molecule has 6 heteroatoms. The van der Waals surface area contributed by atoms with Gasteiger partial charge in [0.1, 0.15) is 29.8 Å². The van der Waals surface area contributed by atoms with Crippen LogP contribution in [0.1, 0.15) is 11.6 Å². The SMILES string of the molecule is Cc1nc(NCC#N)cc(NCc2ccco2)n1. The highest BCUT2D eigenvalue weighted by molar-refractivity contribution is 5.47. The summed E-state index contributed by atoms with van der Waals surface area (Å²) in [6.45, 7) is 2.57. The molecule has 0 amide bonds. The monoisotopic (exact) mass is 243 g/mol. The molecule has 0 aromatic carbocycles. The zero-order chi connectivity index (χ0) is 12.8. The van der Waals surface area contributed by atoms with Gasteiger partial charge >= 0.3 is 0 Å². The maximum Gasteiger partial charge on any atom is 0.132 e. The first kappa shape index (κ1) is 11.9. The molecule has 2 rings (SSSR count). The molecule has 2 heterocycles. The molecule has 2 aromatic rings. The summed E-state index contributed by atoms with van der Waals surface area (Å²) in [7, 11) is 0. The summed E-state index contributed by atoms with van der Waals surface area (Å²) in [6.07, 6.45) is 1.63. The summed E-state index contributed by atoms with van der Waals surface area (Å²) in [6, 6.07) is 7.48. The number of aromatic nitrogens is 2. The normalized spacial score (nSPS) is 9.78. The molecule has 0 fully saturated rings. The molecule has 2 N–H and O–H groups in total. The summed E-state index contributed by atoms with van der Waals surface area (Å²) < 4.78 is 5.22. The first-order valence-corrected chi connectivity index (χ1v) is 5.50. The zero-order valence-electron chi connectivity index (χ0n) is 9.97. The molecule has 0 aliphatic heterocycles. The van der Waals surface area contributed by atoms with Crippen molar-refractivity contribution in [1.82, 2.24) is 9.97 Å². The number of anilines is 2. The van der Waals surface area contributed by atoms with E-state index in [-0.39, 0.29) is 6.54 Å². The molecule has 92 valence electrons. The largest absolute Gasteiger partial charge is 0.467 e. The van der Waals surface area contributed by atoms with Crippen LogP contribution in [-0.4, -0.2) is 16.5 Å². The number of aryl methyl sites for hydroxylation is 1. The van der Waals surface area contributed by atoms with Gasteiger partial charge in [-0.3, -0.25) is 0 Å². The molecule has 0 unspecified atom stereocenters. The topological polar surface area (TPSA) is 86.8 Å². The average Bonchev–Trinajstić information content (AvgIpc) is 2.86. The van der Waals surface area contributed by atoms with Gasteiger partial charge in [0.2, 0.25) is 0 Å². The van der Waals surface area contributed by atoms with Crippen molar-refractivity contribution in [2.24, 2.45) is 0 Å². The maximum atomic E-state index is 8.51. The number of rotatable bonds is 5. The Hall–Kier alpha value is -2.55. The van der Waals surface area contributed by atoms with Crippen molar-refractivity contribution in [2.75, 3.05) is 17.2 Å². The van der Waals surface area contributed by atoms with Gasteiger partial charge in [0.05, 0.1) is 18.9 Å². The number of nitrogens with zero attached hydrogens (tertiary/aromatic N) is 3. The van der Waals surface area contributed by atoms with Gasteiger partial charge < -0.3 is 15.1 Å². The van der Waals surface area contributed by atoms with Crippen LogP contribution in [0, 0.1) is 18.3 Å². The Bertz CT molecular complexity index is 544. The van der Waals surface area contributed by atoms with Crippen LogP contribution >= 0.6 is 0 Å².